The number of nitrogens with zero attached hydrogens (tertiary/aromatic N) is 2. The first kappa shape index (κ1) is 12.8. The second-order valence-electron chi connectivity index (χ2n) is 4.06. The molecule has 0 saturated carbocycles. The van der Waals surface area contributed by atoms with Crippen molar-refractivity contribution < 1.29 is 4.48 Å². The monoisotopic (exact) mass is 190 g/mol. The minimum Gasteiger partial charge on any atom is -0.305 e. The lowest BCUT2D eigenvalue weighted by molar-refractivity contribution is -0.00831. The Morgan fingerprint density at radius 1 is 1.38 bits per heavy atom. The van der Waals surface area contributed by atoms with E-state index in [1.807, 2.05) is 13.8 Å². The SMILES string of the molecule is CC.CN(F)CCC1(C)CN(C)C1. The van der Waals surface area contributed by atoms with Gasteiger partial charge in [-0.05, 0) is 18.9 Å². The maximum Gasteiger partial charge on any atom is 0.0293 e. The molecule has 0 amide bonds. The first-order valence-corrected chi connectivity index (χ1v) is 5.07. The van der Waals surface area contributed by atoms with E-state index >= 15 is 0 Å². The summed E-state index contributed by atoms with van der Waals surface area (Å²) in [6.45, 7) is 9.00. The van der Waals surface area contributed by atoms with Crippen molar-refractivity contribution in [2.24, 2.45) is 5.41 Å². The molecule has 80 valence electrons. The predicted molar refractivity (Wildman–Crippen MR) is 55.3 cm³/mol. The van der Waals surface area contributed by atoms with Gasteiger partial charge in [-0.15, -0.1) is 9.60 Å². The molecular formula is C10H23FN2. The summed E-state index contributed by atoms with van der Waals surface area (Å²) < 4.78 is 12.3. The zero-order valence-corrected chi connectivity index (χ0v) is 9.60. The van der Waals surface area contributed by atoms with Crippen molar-refractivity contribution in [3.63, 3.8) is 0 Å². The standard InChI is InChI=1S/C8H17FN2.C2H6/c1-8(4-5-11(3)9)6-10(2)7-8;1-2/h4-7H2,1-3H3;1-2H3. The highest BCUT2D eigenvalue weighted by atomic mass is 19.2. The molecule has 1 aliphatic heterocycles. The van der Waals surface area contributed by atoms with Gasteiger partial charge < -0.3 is 4.90 Å². The number of halogens is 1. The summed E-state index contributed by atoms with van der Waals surface area (Å²) in [4.78, 5) is 2.26. The number of hydrogen-bond acceptors (Lipinski definition) is 2. The minimum absolute atomic E-state index is 0.370. The lowest BCUT2D eigenvalue weighted by Gasteiger charge is -2.46. The molecule has 2 nitrogen and oxygen atoms in total. The summed E-state index contributed by atoms with van der Waals surface area (Å²) in [6, 6.07) is 0. The molecule has 0 bridgehead atoms. The lowest BCUT2D eigenvalue weighted by Crippen LogP contribution is -2.53. The van der Waals surface area contributed by atoms with Crippen molar-refractivity contribution in [1.29, 1.82) is 0 Å². The summed E-state index contributed by atoms with van der Waals surface area (Å²) in [7, 11) is 3.58. The van der Waals surface area contributed by atoms with Gasteiger partial charge in [0.05, 0.1) is 0 Å². The van der Waals surface area contributed by atoms with Gasteiger partial charge in [0.25, 0.3) is 0 Å². The molecule has 0 unspecified atom stereocenters. The van der Waals surface area contributed by atoms with Crippen LogP contribution < -0.4 is 0 Å². The Labute approximate surface area is 81.6 Å². The molecule has 1 heterocycles. The predicted octanol–water partition coefficient (Wildman–Crippen LogP) is 2.17. The molecule has 0 atom stereocenters. The molecule has 1 fully saturated rings. The van der Waals surface area contributed by atoms with Crippen molar-refractivity contribution >= 4 is 0 Å². The Morgan fingerprint density at radius 2 is 1.85 bits per heavy atom. The van der Waals surface area contributed by atoms with Crippen LogP contribution in [0, 0.1) is 5.41 Å². The van der Waals surface area contributed by atoms with Gasteiger partial charge in [-0.2, -0.15) is 0 Å². The van der Waals surface area contributed by atoms with Gasteiger partial charge in [0.1, 0.15) is 0 Å². The molecule has 0 spiro atoms. The van der Waals surface area contributed by atoms with E-state index in [9.17, 15) is 4.48 Å². The maximum absolute atomic E-state index is 12.3. The maximum atomic E-state index is 12.3. The Balaban J connectivity index is 0.000000671. The van der Waals surface area contributed by atoms with Gasteiger partial charge in [0.15, 0.2) is 0 Å². The van der Waals surface area contributed by atoms with E-state index in [-0.39, 0.29) is 0 Å². The zero-order chi connectivity index (χ0) is 10.5. The summed E-state index contributed by atoms with van der Waals surface area (Å²) in [6.07, 6.45) is 0.963. The molecule has 0 aromatic heterocycles. The molecule has 0 N–H and O–H groups in total. The van der Waals surface area contributed by atoms with Crippen molar-refractivity contribution in [2.75, 3.05) is 33.7 Å². The smallest absolute Gasteiger partial charge is 0.0293 e. The Hall–Kier alpha value is -0.150. The van der Waals surface area contributed by atoms with Crippen molar-refractivity contribution in [2.45, 2.75) is 27.2 Å². The molecule has 1 aliphatic rings. The molecule has 1 rings (SSSR count). The van der Waals surface area contributed by atoms with E-state index in [4.69, 9.17) is 0 Å². The summed E-state index contributed by atoms with van der Waals surface area (Å²) >= 11 is 0. The van der Waals surface area contributed by atoms with E-state index in [2.05, 4.69) is 18.9 Å². The third kappa shape index (κ3) is 4.58. The fourth-order valence-electron chi connectivity index (χ4n) is 1.84. The van der Waals surface area contributed by atoms with Gasteiger partial charge in [-0.25, -0.2) is 0 Å². The molecule has 0 aromatic carbocycles. The lowest BCUT2D eigenvalue weighted by atomic mass is 9.79. The van der Waals surface area contributed by atoms with Gasteiger partial charge in [-0.1, -0.05) is 20.8 Å². The molecule has 13 heavy (non-hydrogen) atoms. The molecule has 0 aromatic rings. The zero-order valence-electron chi connectivity index (χ0n) is 9.60. The highest BCUT2D eigenvalue weighted by molar-refractivity contribution is 4.89. The van der Waals surface area contributed by atoms with Crippen LogP contribution in [-0.4, -0.2) is 43.8 Å². The molecule has 3 heteroatoms. The van der Waals surface area contributed by atoms with Crippen molar-refractivity contribution in [3.8, 4) is 0 Å². The molecule has 1 saturated heterocycles. The topological polar surface area (TPSA) is 6.48 Å². The molecular weight excluding hydrogens is 167 g/mol. The van der Waals surface area contributed by atoms with Crippen LogP contribution in [0.25, 0.3) is 0 Å². The Bertz CT molecular complexity index is 131. The third-order valence-electron chi connectivity index (χ3n) is 2.33. The van der Waals surface area contributed by atoms with Crippen LogP contribution in [0.1, 0.15) is 27.2 Å². The number of likely N-dealkylation sites (tertiary alicyclic amines) is 1. The van der Waals surface area contributed by atoms with Crippen LogP contribution in [-0.2, 0) is 0 Å². The van der Waals surface area contributed by atoms with Crippen molar-refractivity contribution in [3.05, 3.63) is 0 Å². The van der Waals surface area contributed by atoms with Crippen LogP contribution in [0.3, 0.4) is 0 Å². The average Bonchev–Trinajstić information content (AvgIpc) is 2.02. The van der Waals surface area contributed by atoms with Gasteiger partial charge >= 0.3 is 0 Å². The van der Waals surface area contributed by atoms with Crippen LogP contribution in [0.15, 0.2) is 0 Å². The quantitative estimate of drug-likeness (QED) is 0.629. The Kier molecular flexibility index (Phi) is 5.49. The highest BCUT2D eigenvalue weighted by Gasteiger charge is 2.35. The summed E-state index contributed by atoms with van der Waals surface area (Å²) in [5.41, 5.74) is 0.370. The Morgan fingerprint density at radius 3 is 2.15 bits per heavy atom. The van der Waals surface area contributed by atoms with Crippen LogP contribution in [0.2, 0.25) is 0 Å². The molecule has 0 radical (unpaired) electrons. The van der Waals surface area contributed by atoms with Crippen LogP contribution >= 0.6 is 0 Å². The van der Waals surface area contributed by atoms with Crippen LogP contribution in [0.4, 0.5) is 4.48 Å². The van der Waals surface area contributed by atoms with Crippen LogP contribution in [0.5, 0.6) is 0 Å². The first-order chi connectivity index (χ1) is 6.02. The van der Waals surface area contributed by atoms with Gasteiger partial charge in [0.2, 0.25) is 0 Å². The van der Waals surface area contributed by atoms with E-state index in [1.165, 1.54) is 7.05 Å². The van der Waals surface area contributed by atoms with E-state index in [0.717, 1.165) is 24.6 Å². The summed E-state index contributed by atoms with van der Waals surface area (Å²) in [5.74, 6) is 0. The fourth-order valence-corrected chi connectivity index (χ4v) is 1.84. The first-order valence-electron chi connectivity index (χ1n) is 5.07. The third-order valence-corrected chi connectivity index (χ3v) is 2.33. The summed E-state index contributed by atoms with van der Waals surface area (Å²) in [5, 5.41) is 0.767. The average molecular weight is 190 g/mol. The van der Waals surface area contributed by atoms with Gasteiger partial charge in [0, 0.05) is 26.7 Å². The minimum atomic E-state index is 0.370. The highest BCUT2D eigenvalue weighted by Crippen LogP contribution is 2.31. The van der Waals surface area contributed by atoms with Gasteiger partial charge in [-0.3, -0.25) is 0 Å². The largest absolute Gasteiger partial charge is 0.305 e. The van der Waals surface area contributed by atoms with E-state index in [0.29, 0.717) is 12.0 Å². The second-order valence-corrected chi connectivity index (χ2v) is 4.06. The van der Waals surface area contributed by atoms with E-state index < -0.39 is 0 Å². The second kappa shape index (κ2) is 5.55. The van der Waals surface area contributed by atoms with E-state index in [1.54, 1.807) is 0 Å². The van der Waals surface area contributed by atoms with Crippen molar-refractivity contribution in [1.82, 2.24) is 10.0 Å². The normalized spacial score (nSPS) is 20.5. The molecule has 0 aliphatic carbocycles. The number of hydrogen-bond donors (Lipinski definition) is 0. The fraction of sp³-hybridized carbons (Fsp3) is 1.00. The number of rotatable bonds is 3.